The van der Waals surface area contributed by atoms with Crippen LogP contribution in [0, 0.1) is 0 Å². The van der Waals surface area contributed by atoms with Gasteiger partial charge in [0.25, 0.3) is 0 Å². The minimum atomic E-state index is -0.131. The molecule has 0 bridgehead atoms. The van der Waals surface area contributed by atoms with Crippen LogP contribution in [0.25, 0.3) is 11.0 Å². The molecule has 4 rings (SSSR count). The molecular formula is C22H33N7O2. The van der Waals surface area contributed by atoms with Crippen LogP contribution in [0.1, 0.15) is 46.1 Å². The van der Waals surface area contributed by atoms with Crippen LogP contribution >= 0.6 is 0 Å². The van der Waals surface area contributed by atoms with Crippen molar-refractivity contribution < 1.29 is 9.59 Å². The first-order valence-corrected chi connectivity index (χ1v) is 11.3. The van der Waals surface area contributed by atoms with E-state index in [9.17, 15) is 9.59 Å². The number of hydrogen-bond acceptors (Lipinski definition) is 5. The molecule has 1 N–H and O–H groups in total. The average molecular weight is 428 g/mol. The predicted octanol–water partition coefficient (Wildman–Crippen LogP) is 2.56. The lowest BCUT2D eigenvalue weighted by atomic mass is 10.0. The van der Waals surface area contributed by atoms with E-state index in [0.29, 0.717) is 44.5 Å². The van der Waals surface area contributed by atoms with Gasteiger partial charge in [-0.2, -0.15) is 5.10 Å². The van der Waals surface area contributed by atoms with Gasteiger partial charge in [-0.1, -0.05) is 0 Å². The van der Waals surface area contributed by atoms with E-state index in [0.717, 1.165) is 30.4 Å². The second kappa shape index (κ2) is 9.21. The SMILES string of the molecule is CC(C)n1ncc2cc(NC(=O)N3CCN(CC(=O)N4CCCC[C@H]4C)CC3)cnc21. The van der Waals surface area contributed by atoms with Crippen LogP contribution in [0.4, 0.5) is 10.5 Å². The first-order valence-electron chi connectivity index (χ1n) is 11.3. The number of rotatable bonds is 4. The van der Waals surface area contributed by atoms with Crippen molar-refractivity contribution in [3.8, 4) is 0 Å². The monoisotopic (exact) mass is 427 g/mol. The Morgan fingerprint density at radius 3 is 2.61 bits per heavy atom. The summed E-state index contributed by atoms with van der Waals surface area (Å²) in [5.41, 5.74) is 1.48. The molecule has 2 aliphatic rings. The molecule has 0 saturated carbocycles. The van der Waals surface area contributed by atoms with Gasteiger partial charge < -0.3 is 15.1 Å². The maximum absolute atomic E-state index is 12.7. The van der Waals surface area contributed by atoms with E-state index in [1.165, 1.54) is 6.42 Å². The lowest BCUT2D eigenvalue weighted by Crippen LogP contribution is -2.53. The molecule has 0 spiro atoms. The van der Waals surface area contributed by atoms with E-state index in [2.05, 4.69) is 41.1 Å². The smallest absolute Gasteiger partial charge is 0.321 e. The Labute approximate surface area is 183 Å². The number of amides is 3. The number of hydrogen-bond donors (Lipinski definition) is 1. The number of aromatic nitrogens is 3. The number of piperazine rings is 1. The zero-order chi connectivity index (χ0) is 22.0. The Morgan fingerprint density at radius 2 is 1.90 bits per heavy atom. The van der Waals surface area contributed by atoms with Gasteiger partial charge in [-0.15, -0.1) is 0 Å². The molecule has 4 heterocycles. The summed E-state index contributed by atoms with van der Waals surface area (Å²) >= 11 is 0. The van der Waals surface area contributed by atoms with Crippen LogP contribution in [-0.4, -0.2) is 86.7 Å². The number of carbonyl (C=O) groups is 2. The Hall–Kier alpha value is -2.68. The molecular weight excluding hydrogens is 394 g/mol. The van der Waals surface area contributed by atoms with Gasteiger partial charge in [-0.3, -0.25) is 9.69 Å². The van der Waals surface area contributed by atoms with Gasteiger partial charge in [-0.25, -0.2) is 14.5 Å². The number of nitrogens with zero attached hydrogens (tertiary/aromatic N) is 6. The van der Waals surface area contributed by atoms with Crippen LogP contribution in [0.15, 0.2) is 18.5 Å². The van der Waals surface area contributed by atoms with Gasteiger partial charge in [0.2, 0.25) is 5.91 Å². The van der Waals surface area contributed by atoms with Crippen LogP contribution in [-0.2, 0) is 4.79 Å². The van der Waals surface area contributed by atoms with Crippen molar-refractivity contribution >= 4 is 28.7 Å². The van der Waals surface area contributed by atoms with E-state index in [1.54, 1.807) is 17.3 Å². The summed E-state index contributed by atoms with van der Waals surface area (Å²) in [6.45, 7) is 10.2. The van der Waals surface area contributed by atoms with Gasteiger partial charge in [0.15, 0.2) is 5.65 Å². The molecule has 9 heteroatoms. The average Bonchev–Trinajstić information content (AvgIpc) is 3.18. The maximum Gasteiger partial charge on any atom is 0.321 e. The summed E-state index contributed by atoms with van der Waals surface area (Å²) in [5.74, 6) is 0.214. The van der Waals surface area contributed by atoms with E-state index in [4.69, 9.17) is 0 Å². The van der Waals surface area contributed by atoms with Gasteiger partial charge in [0.05, 0.1) is 24.6 Å². The normalized spacial score (nSPS) is 20.5. The summed E-state index contributed by atoms with van der Waals surface area (Å²) in [7, 11) is 0. The van der Waals surface area contributed by atoms with Crippen molar-refractivity contribution in [3.63, 3.8) is 0 Å². The molecule has 3 amide bonds. The Morgan fingerprint density at radius 1 is 1.13 bits per heavy atom. The lowest BCUT2D eigenvalue weighted by Gasteiger charge is -2.38. The largest absolute Gasteiger partial charge is 0.339 e. The minimum absolute atomic E-state index is 0.131. The van der Waals surface area contributed by atoms with Crippen molar-refractivity contribution in [2.75, 3.05) is 44.6 Å². The first-order chi connectivity index (χ1) is 14.9. The number of urea groups is 1. The number of likely N-dealkylation sites (tertiary alicyclic amines) is 1. The third kappa shape index (κ3) is 4.81. The second-order valence-corrected chi connectivity index (χ2v) is 8.94. The molecule has 2 aromatic heterocycles. The molecule has 9 nitrogen and oxygen atoms in total. The topological polar surface area (TPSA) is 86.6 Å². The van der Waals surface area contributed by atoms with E-state index in [-0.39, 0.29) is 18.0 Å². The molecule has 168 valence electrons. The zero-order valence-electron chi connectivity index (χ0n) is 18.8. The summed E-state index contributed by atoms with van der Waals surface area (Å²) in [5, 5.41) is 8.22. The summed E-state index contributed by atoms with van der Waals surface area (Å²) in [4.78, 5) is 35.8. The Bertz CT molecular complexity index is 933. The van der Waals surface area contributed by atoms with Crippen LogP contribution in [0.3, 0.4) is 0 Å². The molecule has 2 saturated heterocycles. The highest BCUT2D eigenvalue weighted by atomic mass is 16.2. The summed E-state index contributed by atoms with van der Waals surface area (Å²) in [6.07, 6.45) is 6.86. The maximum atomic E-state index is 12.7. The van der Waals surface area contributed by atoms with Gasteiger partial charge in [0, 0.05) is 50.2 Å². The van der Waals surface area contributed by atoms with E-state index >= 15 is 0 Å². The standard InChI is InChI=1S/C22H33N7O2/c1-16(2)29-21-18(13-24-29)12-19(14-23-21)25-22(31)27-10-8-26(9-11-27)15-20(30)28-7-5-4-6-17(28)3/h12-14,16-17H,4-11,15H2,1-3H3,(H,25,31)/t17-/m1/s1. The quantitative estimate of drug-likeness (QED) is 0.810. The van der Waals surface area contributed by atoms with Crippen molar-refractivity contribution in [2.45, 2.75) is 52.1 Å². The number of fused-ring (bicyclic) bond motifs is 1. The van der Waals surface area contributed by atoms with Crippen molar-refractivity contribution in [3.05, 3.63) is 18.5 Å². The number of anilines is 1. The predicted molar refractivity (Wildman–Crippen MR) is 120 cm³/mol. The highest BCUT2D eigenvalue weighted by Gasteiger charge is 2.27. The second-order valence-electron chi connectivity index (χ2n) is 8.94. The highest BCUT2D eigenvalue weighted by Crippen LogP contribution is 2.20. The molecule has 0 unspecified atom stereocenters. The lowest BCUT2D eigenvalue weighted by molar-refractivity contribution is -0.136. The number of piperidine rings is 1. The van der Waals surface area contributed by atoms with E-state index in [1.807, 2.05) is 15.6 Å². The van der Waals surface area contributed by atoms with Gasteiger partial charge in [-0.05, 0) is 46.1 Å². The van der Waals surface area contributed by atoms with Crippen LogP contribution in [0.2, 0.25) is 0 Å². The molecule has 1 atom stereocenters. The first kappa shape index (κ1) is 21.5. The fraction of sp³-hybridized carbons (Fsp3) is 0.636. The molecule has 2 fully saturated rings. The van der Waals surface area contributed by atoms with Crippen LogP contribution < -0.4 is 5.32 Å². The Balaban J connectivity index is 1.28. The van der Waals surface area contributed by atoms with E-state index < -0.39 is 0 Å². The third-order valence-electron chi connectivity index (χ3n) is 6.32. The Kier molecular flexibility index (Phi) is 6.41. The fourth-order valence-electron chi connectivity index (χ4n) is 4.45. The highest BCUT2D eigenvalue weighted by molar-refractivity contribution is 5.91. The van der Waals surface area contributed by atoms with Crippen molar-refractivity contribution in [1.82, 2.24) is 29.5 Å². The van der Waals surface area contributed by atoms with Gasteiger partial charge >= 0.3 is 6.03 Å². The molecule has 0 aromatic carbocycles. The van der Waals surface area contributed by atoms with Crippen LogP contribution in [0.5, 0.6) is 0 Å². The number of pyridine rings is 1. The molecule has 0 aliphatic carbocycles. The zero-order valence-corrected chi connectivity index (χ0v) is 18.8. The van der Waals surface area contributed by atoms with Crippen molar-refractivity contribution in [1.29, 1.82) is 0 Å². The number of carbonyl (C=O) groups excluding carboxylic acids is 2. The van der Waals surface area contributed by atoms with Crippen molar-refractivity contribution in [2.24, 2.45) is 0 Å². The molecule has 0 radical (unpaired) electrons. The molecule has 2 aromatic rings. The summed E-state index contributed by atoms with van der Waals surface area (Å²) < 4.78 is 1.87. The minimum Gasteiger partial charge on any atom is -0.339 e. The number of nitrogens with one attached hydrogen (secondary N) is 1. The molecule has 31 heavy (non-hydrogen) atoms. The molecule has 2 aliphatic heterocycles. The summed E-state index contributed by atoms with van der Waals surface area (Å²) in [6, 6.07) is 2.34. The fourth-order valence-corrected chi connectivity index (χ4v) is 4.45. The third-order valence-corrected chi connectivity index (χ3v) is 6.32. The van der Waals surface area contributed by atoms with Gasteiger partial charge in [0.1, 0.15) is 0 Å².